The summed E-state index contributed by atoms with van der Waals surface area (Å²) in [5.74, 6) is -3.72. The van der Waals surface area contributed by atoms with Crippen molar-refractivity contribution in [3.8, 4) is 0 Å². The van der Waals surface area contributed by atoms with E-state index in [4.69, 9.17) is 23.7 Å². The van der Waals surface area contributed by atoms with Gasteiger partial charge in [0.1, 0.15) is 42.2 Å². The van der Waals surface area contributed by atoms with Crippen LogP contribution in [0.1, 0.15) is 82.4 Å². The molecule has 1 saturated heterocycles. The molecule has 52 heavy (non-hydrogen) atoms. The van der Waals surface area contributed by atoms with Crippen LogP contribution < -0.4 is 16.3 Å². The quantitative estimate of drug-likeness (QED) is 0.0552. The minimum absolute atomic E-state index is 0.101. The second-order valence-corrected chi connectivity index (χ2v) is 15.3. The van der Waals surface area contributed by atoms with E-state index in [1.165, 1.54) is 18.6 Å². The molecule has 2 N–H and O–H groups in total. The molecule has 1 fully saturated rings. The van der Waals surface area contributed by atoms with Crippen molar-refractivity contribution in [2.24, 2.45) is 27.9 Å². The van der Waals surface area contributed by atoms with Crippen LogP contribution in [-0.4, -0.2) is 101 Å². The summed E-state index contributed by atoms with van der Waals surface area (Å²) in [4.78, 5) is 78.4. The van der Waals surface area contributed by atoms with Crippen LogP contribution in [0.15, 0.2) is 27.2 Å². The van der Waals surface area contributed by atoms with Gasteiger partial charge in [-0.1, -0.05) is 39.7 Å². The predicted octanol–water partition coefficient (Wildman–Crippen LogP) is 4.19. The number of azide groups is 1. The van der Waals surface area contributed by atoms with Crippen molar-refractivity contribution in [1.29, 1.82) is 0 Å². The zero-order valence-corrected chi connectivity index (χ0v) is 32.2. The first kappa shape index (κ1) is 43.3. The molecule has 2 rings (SSSR count). The molecule has 19 heteroatoms. The number of ether oxygens (including phenoxy) is 5. The molecule has 0 saturated carbocycles. The van der Waals surface area contributed by atoms with Crippen molar-refractivity contribution in [3.05, 3.63) is 33.2 Å². The van der Waals surface area contributed by atoms with Gasteiger partial charge in [0.2, 0.25) is 5.72 Å². The lowest BCUT2D eigenvalue weighted by molar-refractivity contribution is -0.180. The molecule has 19 nitrogen and oxygen atoms in total. The zero-order chi connectivity index (χ0) is 39.8. The Morgan fingerprint density at radius 3 is 1.98 bits per heavy atom. The van der Waals surface area contributed by atoms with E-state index < -0.39 is 95.5 Å². The number of amides is 2. The maximum absolute atomic E-state index is 13.8. The largest absolute Gasteiger partial charge is 0.461 e. The van der Waals surface area contributed by atoms with Gasteiger partial charge in [0, 0.05) is 31.1 Å². The van der Waals surface area contributed by atoms with Crippen LogP contribution in [0, 0.1) is 17.8 Å². The highest BCUT2D eigenvalue weighted by atomic mass is 16.6. The first-order valence-electron chi connectivity index (χ1n) is 16.8. The minimum atomic E-state index is -2.24. The first-order valence-corrected chi connectivity index (χ1v) is 16.8. The maximum atomic E-state index is 13.8. The summed E-state index contributed by atoms with van der Waals surface area (Å²) >= 11 is 0. The molecule has 0 spiro atoms. The van der Waals surface area contributed by atoms with Crippen LogP contribution in [0.4, 0.5) is 15.4 Å². The molecule has 0 radical (unpaired) electrons. The number of hydrogen-bond donors (Lipinski definition) is 2. The number of nitrogens with one attached hydrogen (secondary N) is 2. The molecule has 0 aliphatic carbocycles. The third kappa shape index (κ3) is 12.4. The number of aliphatic imine (C=N–C) groups is 1. The van der Waals surface area contributed by atoms with Gasteiger partial charge in [0.25, 0.3) is 0 Å². The van der Waals surface area contributed by atoms with Gasteiger partial charge in [0.15, 0.2) is 5.82 Å². The van der Waals surface area contributed by atoms with Crippen molar-refractivity contribution in [1.82, 2.24) is 25.1 Å². The Bertz CT molecular complexity index is 1570. The molecular formula is C33H53N9O10. The third-order valence-electron chi connectivity index (χ3n) is 7.27. The molecule has 1 aromatic rings. The molecule has 0 unspecified atom stereocenters. The molecule has 0 bridgehead atoms. The van der Waals surface area contributed by atoms with Gasteiger partial charge in [0.05, 0.1) is 6.34 Å². The fourth-order valence-corrected chi connectivity index (χ4v) is 4.93. The summed E-state index contributed by atoms with van der Waals surface area (Å²) in [5, 5.41) is 8.82. The average Bonchev–Trinajstić information content (AvgIpc) is 3.25. The Labute approximate surface area is 303 Å². The van der Waals surface area contributed by atoms with Gasteiger partial charge in [-0.25, -0.2) is 29.0 Å². The summed E-state index contributed by atoms with van der Waals surface area (Å²) in [6, 6.07) is -1.01. The van der Waals surface area contributed by atoms with Crippen LogP contribution >= 0.6 is 0 Å². The number of rotatable bonds is 13. The molecule has 6 atom stereocenters. The Hall–Kier alpha value is -4.90. The Morgan fingerprint density at radius 1 is 1.02 bits per heavy atom. The number of aromatic nitrogens is 2. The van der Waals surface area contributed by atoms with Crippen LogP contribution in [0.5, 0.6) is 0 Å². The highest BCUT2D eigenvalue weighted by Crippen LogP contribution is 2.44. The van der Waals surface area contributed by atoms with Crippen molar-refractivity contribution in [3.63, 3.8) is 0 Å². The molecule has 2 heterocycles. The lowest BCUT2D eigenvalue weighted by Crippen LogP contribution is -2.53. The lowest BCUT2D eigenvalue weighted by Gasteiger charge is -2.32. The van der Waals surface area contributed by atoms with Gasteiger partial charge in [-0.3, -0.25) is 4.57 Å². The monoisotopic (exact) mass is 735 g/mol. The lowest BCUT2D eigenvalue weighted by atomic mass is 9.97. The summed E-state index contributed by atoms with van der Waals surface area (Å²) in [7, 11) is 3.48. The second-order valence-electron chi connectivity index (χ2n) is 15.3. The van der Waals surface area contributed by atoms with E-state index in [-0.39, 0.29) is 5.82 Å². The normalized spacial score (nSPS) is 21.6. The van der Waals surface area contributed by atoms with Crippen molar-refractivity contribution >= 4 is 36.3 Å². The van der Waals surface area contributed by atoms with Crippen LogP contribution in [-0.2, 0) is 33.3 Å². The SMILES string of the molecule is CC(C)[C@H](NC(=O)OC(C)(C)C)C(=O)O[C@H]1[C@H](C)[C@H](n2ccc(/N=C/N(C)C)nc2=O)O[C@@]1(COC(=O)[C@H](NC(=O)OC(C)(C)C)C(C)C)N=[N+]=[N-]. The third-order valence-corrected chi connectivity index (χ3v) is 7.27. The first-order chi connectivity index (χ1) is 23.9. The highest BCUT2D eigenvalue weighted by Gasteiger charge is 2.58. The molecule has 1 aliphatic rings. The summed E-state index contributed by atoms with van der Waals surface area (Å²) < 4.78 is 29.5. The number of carbonyl (C=O) groups is 4. The molecule has 1 aromatic heterocycles. The van der Waals surface area contributed by atoms with Crippen molar-refractivity contribution in [2.75, 3.05) is 20.7 Å². The van der Waals surface area contributed by atoms with E-state index >= 15 is 0 Å². The Balaban J connectivity index is 2.57. The predicted molar refractivity (Wildman–Crippen MR) is 188 cm³/mol. The standard InChI is InChI=1S/C33H53N9O10/c1-18(2)22(37-29(46)51-31(6,7)8)26(43)48-16-33(39-40-34)24(49-27(44)23(19(3)4)38-30(47)52-32(9,10)11)20(5)25(50-33)42-15-14-21(36-28(42)45)35-17-41(12)13/h14-15,17-20,22-25H,16H2,1-13H3,(H,37,46)(H,38,47)/b35-17+/t20-,22+,23-,24-,25+,33+/m0/s1. The smallest absolute Gasteiger partial charge is 0.408 e. The molecular weight excluding hydrogens is 682 g/mol. The fourth-order valence-electron chi connectivity index (χ4n) is 4.93. The van der Waals surface area contributed by atoms with Gasteiger partial charge in [-0.15, -0.1) is 0 Å². The van der Waals surface area contributed by atoms with Crippen LogP contribution in [0.3, 0.4) is 0 Å². The Kier molecular flexibility index (Phi) is 14.6. The van der Waals surface area contributed by atoms with E-state index in [9.17, 15) is 29.5 Å². The number of hydrogen-bond acceptors (Lipinski definition) is 13. The Morgan fingerprint density at radius 2 is 1.54 bits per heavy atom. The van der Waals surface area contributed by atoms with Gasteiger partial charge < -0.3 is 39.2 Å². The van der Waals surface area contributed by atoms with Crippen LogP contribution in [0.25, 0.3) is 10.4 Å². The molecule has 2 amide bonds. The van der Waals surface area contributed by atoms with Crippen molar-refractivity contribution in [2.45, 2.75) is 118 Å². The summed E-state index contributed by atoms with van der Waals surface area (Å²) in [6.07, 6.45) is -1.70. The second kappa shape index (κ2) is 17.5. The van der Waals surface area contributed by atoms with E-state index in [1.807, 2.05) is 0 Å². The number of esters is 2. The number of nitrogens with zero attached hydrogens (tertiary/aromatic N) is 7. The van der Waals surface area contributed by atoms with E-state index in [1.54, 1.807) is 95.2 Å². The van der Waals surface area contributed by atoms with Gasteiger partial charge in [-0.05, 0) is 65.0 Å². The van der Waals surface area contributed by atoms with Gasteiger partial charge in [-0.2, -0.15) is 4.98 Å². The minimum Gasteiger partial charge on any atom is -0.461 e. The number of alkyl carbamates (subject to hydrolysis) is 2. The van der Waals surface area contributed by atoms with E-state index in [0.717, 1.165) is 4.57 Å². The van der Waals surface area contributed by atoms with E-state index in [0.29, 0.717) is 0 Å². The maximum Gasteiger partial charge on any atom is 0.408 e. The van der Waals surface area contributed by atoms with Crippen LogP contribution in [0.2, 0.25) is 0 Å². The van der Waals surface area contributed by atoms with Gasteiger partial charge >= 0.3 is 29.8 Å². The highest BCUT2D eigenvalue weighted by molar-refractivity contribution is 5.82. The van der Waals surface area contributed by atoms with E-state index in [2.05, 4.69) is 30.6 Å². The molecule has 0 aromatic carbocycles. The summed E-state index contributed by atoms with van der Waals surface area (Å²) in [6.45, 7) is 17.4. The average molecular weight is 736 g/mol. The summed E-state index contributed by atoms with van der Waals surface area (Å²) in [5.41, 5.74) is 4.99. The van der Waals surface area contributed by atoms with Crippen molar-refractivity contribution < 1.29 is 42.9 Å². The molecule has 1 aliphatic heterocycles. The number of carbonyl (C=O) groups excluding carboxylic acids is 4. The fraction of sp³-hybridized carbons (Fsp3) is 0.727. The molecule has 290 valence electrons. The topological polar surface area (TPSA) is 238 Å². The zero-order valence-electron chi connectivity index (χ0n) is 32.2.